The number of aromatic nitrogens is 4. The summed E-state index contributed by atoms with van der Waals surface area (Å²) >= 11 is 0. The van der Waals surface area contributed by atoms with Crippen molar-refractivity contribution in [2.24, 2.45) is 23.7 Å². The molecule has 6 aliphatic rings. The van der Waals surface area contributed by atoms with E-state index in [4.69, 9.17) is 4.74 Å². The molecule has 15 heteroatoms. The first-order valence-corrected chi connectivity index (χ1v) is 19.7. The van der Waals surface area contributed by atoms with E-state index in [1.165, 1.54) is 6.07 Å². The number of carbonyl (C=O) groups excluding carboxylic acids is 1. The molecule has 296 valence electrons. The van der Waals surface area contributed by atoms with Gasteiger partial charge in [0.15, 0.2) is 11.5 Å². The van der Waals surface area contributed by atoms with Gasteiger partial charge in [-0.15, -0.1) is 0 Å². The second kappa shape index (κ2) is 14.0. The van der Waals surface area contributed by atoms with Crippen molar-refractivity contribution in [3.63, 3.8) is 0 Å². The van der Waals surface area contributed by atoms with Gasteiger partial charge >= 0.3 is 12.1 Å². The zero-order valence-electron chi connectivity index (χ0n) is 30.7. The number of aliphatic carboxylic acids is 1. The number of fused-ring (bicyclic) bond motifs is 1. The van der Waals surface area contributed by atoms with Crippen LogP contribution in [-0.4, -0.2) is 67.4 Å². The van der Waals surface area contributed by atoms with E-state index < -0.39 is 46.8 Å². The molecule has 4 heterocycles. The predicted octanol–water partition coefficient (Wildman–Crippen LogP) is 8.16. The number of ether oxygens (including phenoxy) is 1. The summed E-state index contributed by atoms with van der Waals surface area (Å²) in [6, 6.07) is 7.80. The quantitative estimate of drug-likeness (QED) is 0.172. The summed E-state index contributed by atoms with van der Waals surface area (Å²) in [4.78, 5) is 40.9. The number of pyridine rings is 1. The largest absolute Gasteiger partial charge is 0.490 e. The van der Waals surface area contributed by atoms with Crippen molar-refractivity contribution in [3.8, 4) is 17.0 Å². The van der Waals surface area contributed by atoms with Crippen molar-refractivity contribution in [1.82, 2.24) is 24.8 Å². The molecule has 5 saturated carbocycles. The molecule has 1 aromatic carbocycles. The molecule has 10 nitrogen and oxygen atoms in total. The van der Waals surface area contributed by atoms with E-state index in [-0.39, 0.29) is 29.7 Å². The summed E-state index contributed by atoms with van der Waals surface area (Å²) in [6.45, 7) is 1.21. The molecule has 5 aliphatic carbocycles. The number of piperidine rings is 1. The van der Waals surface area contributed by atoms with E-state index >= 15 is 0 Å². The van der Waals surface area contributed by atoms with Crippen LogP contribution in [-0.2, 0) is 11.0 Å². The van der Waals surface area contributed by atoms with E-state index in [0.29, 0.717) is 117 Å². The molecule has 1 amide bonds. The lowest BCUT2D eigenvalue weighted by atomic mass is 9.48. The molecule has 56 heavy (non-hydrogen) atoms. The van der Waals surface area contributed by atoms with Crippen molar-refractivity contribution in [2.75, 3.05) is 18.0 Å². The van der Waals surface area contributed by atoms with Gasteiger partial charge in [0.1, 0.15) is 23.6 Å². The lowest BCUT2D eigenvalue weighted by Gasteiger charge is -2.59. The highest BCUT2D eigenvalue weighted by molar-refractivity contribution is 6.00. The standard InChI is InChI=1S/C41H43F5N6O4/c42-26-1-3-28(4-2-26)52-21-33(31-6-5-30(18-35(31)52)56-29-9-11-51(12-10-29)39-47-19-27(43)20-48-39)34-8-7-32(36(49-34)41(44,45)46)37(53)50-40(38(54)55)24-14-22-13-23(16-24)17-25(40)15-22/h5-8,18-26,28-29H,1-4,9-17H2,(H,50,53)(H,54,55). The molecule has 2 N–H and O–H groups in total. The first-order valence-electron chi connectivity index (χ1n) is 19.7. The van der Waals surface area contributed by atoms with Crippen LogP contribution in [0.5, 0.6) is 5.75 Å². The minimum absolute atomic E-state index is 0.00317. The lowest BCUT2D eigenvalue weighted by Crippen LogP contribution is -2.70. The number of anilines is 1. The molecule has 10 rings (SSSR count). The molecular formula is C41H43F5N6O4. The normalized spacial score (nSPS) is 29.1. The molecule has 4 aromatic rings. The van der Waals surface area contributed by atoms with Crippen molar-refractivity contribution in [1.29, 1.82) is 0 Å². The molecule has 0 spiro atoms. The maximum absolute atomic E-state index is 14.8. The van der Waals surface area contributed by atoms with Gasteiger partial charge in [0.25, 0.3) is 5.91 Å². The number of hydrogen-bond donors (Lipinski definition) is 2. The fourth-order valence-corrected chi connectivity index (χ4v) is 10.8. The third-order valence-corrected chi connectivity index (χ3v) is 13.2. The molecule has 1 aliphatic heterocycles. The maximum atomic E-state index is 14.8. The van der Waals surface area contributed by atoms with Gasteiger partial charge in [0.05, 0.1) is 29.2 Å². The number of benzene rings is 1. The lowest BCUT2D eigenvalue weighted by molar-refractivity contribution is -0.163. The number of carboxylic acid groups (broad SMARTS) is 1. The monoisotopic (exact) mass is 778 g/mol. The average Bonchev–Trinajstić information content (AvgIpc) is 3.55. The van der Waals surface area contributed by atoms with Crippen LogP contribution in [0.4, 0.5) is 27.9 Å². The molecular weight excluding hydrogens is 735 g/mol. The van der Waals surface area contributed by atoms with E-state index in [1.54, 1.807) is 18.3 Å². The third-order valence-electron chi connectivity index (χ3n) is 13.2. The van der Waals surface area contributed by atoms with Gasteiger partial charge in [-0.25, -0.2) is 28.5 Å². The molecule has 4 bridgehead atoms. The van der Waals surface area contributed by atoms with Crippen LogP contribution >= 0.6 is 0 Å². The zero-order valence-corrected chi connectivity index (χ0v) is 30.7. The number of hydrogen-bond acceptors (Lipinski definition) is 7. The summed E-state index contributed by atoms with van der Waals surface area (Å²) in [5, 5.41) is 13.8. The summed E-state index contributed by atoms with van der Waals surface area (Å²) in [7, 11) is 0. The van der Waals surface area contributed by atoms with Gasteiger partial charge < -0.3 is 24.6 Å². The van der Waals surface area contributed by atoms with Crippen molar-refractivity contribution in [3.05, 3.63) is 66.0 Å². The predicted molar refractivity (Wildman–Crippen MR) is 195 cm³/mol. The summed E-state index contributed by atoms with van der Waals surface area (Å²) in [5.41, 5.74) is -2.59. The Bertz CT molecular complexity index is 2110. The van der Waals surface area contributed by atoms with Gasteiger partial charge in [0.2, 0.25) is 5.95 Å². The van der Waals surface area contributed by atoms with Crippen LogP contribution in [0.2, 0.25) is 0 Å². The van der Waals surface area contributed by atoms with E-state index in [0.717, 1.165) is 24.9 Å². The van der Waals surface area contributed by atoms with Gasteiger partial charge in [0, 0.05) is 55.2 Å². The summed E-state index contributed by atoms with van der Waals surface area (Å²) in [5.74, 6) is -1.67. The van der Waals surface area contributed by atoms with Gasteiger partial charge in [-0.1, -0.05) is 0 Å². The topological polar surface area (TPSA) is 122 Å². The number of nitrogens with one attached hydrogen (secondary N) is 1. The molecule has 0 atom stereocenters. The summed E-state index contributed by atoms with van der Waals surface area (Å²) < 4.78 is 80.5. The van der Waals surface area contributed by atoms with Crippen LogP contribution in [0.15, 0.2) is 48.9 Å². The first kappa shape index (κ1) is 36.8. The van der Waals surface area contributed by atoms with Crippen LogP contribution < -0.4 is 15.0 Å². The van der Waals surface area contributed by atoms with Crippen LogP contribution in [0.3, 0.4) is 0 Å². The van der Waals surface area contributed by atoms with E-state index in [9.17, 15) is 36.6 Å². The molecule has 1 saturated heterocycles. The Balaban J connectivity index is 1.02. The summed E-state index contributed by atoms with van der Waals surface area (Å²) in [6.07, 6.45) is 4.71. The number of carboxylic acids is 1. The maximum Gasteiger partial charge on any atom is 0.434 e. The molecule has 0 radical (unpaired) electrons. The van der Waals surface area contributed by atoms with Gasteiger partial charge in [-0.05, 0) is 106 Å². The molecule has 0 unspecified atom stereocenters. The number of alkyl halides is 4. The minimum atomic E-state index is -5.01. The molecule has 3 aromatic heterocycles. The van der Waals surface area contributed by atoms with E-state index in [2.05, 4.69) is 20.3 Å². The van der Waals surface area contributed by atoms with Crippen LogP contribution in [0.1, 0.15) is 92.7 Å². The number of halogens is 5. The van der Waals surface area contributed by atoms with Gasteiger partial charge in [-0.3, -0.25) is 4.79 Å². The molecule has 6 fully saturated rings. The van der Waals surface area contributed by atoms with Gasteiger partial charge in [-0.2, -0.15) is 13.2 Å². The zero-order chi connectivity index (χ0) is 38.9. The van der Waals surface area contributed by atoms with Crippen LogP contribution in [0.25, 0.3) is 22.2 Å². The Kier molecular flexibility index (Phi) is 9.19. The second-order valence-electron chi connectivity index (χ2n) is 16.6. The number of rotatable bonds is 8. The Labute approximate surface area is 319 Å². The van der Waals surface area contributed by atoms with Crippen molar-refractivity contribution >= 4 is 28.7 Å². The number of carbonyl (C=O) groups is 2. The fraction of sp³-hybridized carbons (Fsp3) is 0.537. The van der Waals surface area contributed by atoms with Crippen molar-refractivity contribution < 1.29 is 41.4 Å². The average molecular weight is 779 g/mol. The smallest absolute Gasteiger partial charge is 0.434 e. The highest BCUT2D eigenvalue weighted by atomic mass is 19.4. The van der Waals surface area contributed by atoms with Crippen LogP contribution in [0, 0.1) is 29.5 Å². The number of nitrogens with zero attached hydrogens (tertiary/aromatic N) is 5. The Morgan fingerprint density at radius 1 is 0.893 bits per heavy atom. The minimum Gasteiger partial charge on any atom is -0.490 e. The Morgan fingerprint density at radius 3 is 2.18 bits per heavy atom. The third kappa shape index (κ3) is 6.53. The Morgan fingerprint density at radius 2 is 1.55 bits per heavy atom. The highest BCUT2D eigenvalue weighted by Gasteiger charge is 2.62. The second-order valence-corrected chi connectivity index (χ2v) is 16.6. The van der Waals surface area contributed by atoms with Crippen molar-refractivity contribution in [2.45, 2.75) is 101 Å². The first-order chi connectivity index (χ1) is 26.9. The highest BCUT2D eigenvalue weighted by Crippen LogP contribution is 2.58. The Hall–Kier alpha value is -4.82. The van der Waals surface area contributed by atoms with E-state index in [1.807, 2.05) is 15.5 Å². The SMILES string of the molecule is O=C(NC1(C(=O)O)C2CC3CC(C2)CC1C3)c1ccc(-c2cn(C3CCC(F)CC3)c3cc(OC4CCN(c5ncc(F)cn5)CC4)ccc23)nc1C(F)(F)F. The number of amides is 1. The fourth-order valence-electron chi connectivity index (χ4n) is 10.8.